The molecule has 1 aromatic carbocycles. The molecule has 0 fully saturated rings. The Morgan fingerprint density at radius 1 is 1.30 bits per heavy atom. The Hall–Kier alpha value is -2.30. The van der Waals surface area contributed by atoms with Crippen molar-refractivity contribution in [3.05, 3.63) is 41.0 Å². The second-order valence-corrected chi connectivity index (χ2v) is 5.82. The molecule has 0 atom stereocenters. The maximum Gasteiger partial charge on any atom is 0.340 e. The largest absolute Gasteiger partial charge is 0.452 e. The number of ether oxygens (including phenoxy) is 1. The van der Waals surface area contributed by atoms with Crippen LogP contribution in [-0.4, -0.2) is 25.0 Å². The van der Waals surface area contributed by atoms with Gasteiger partial charge in [0, 0.05) is 12.2 Å². The summed E-state index contributed by atoms with van der Waals surface area (Å²) in [5.74, 6) is -0.864. The maximum atomic E-state index is 12.0. The Morgan fingerprint density at radius 2 is 2.13 bits per heavy atom. The smallest absolute Gasteiger partial charge is 0.340 e. The van der Waals surface area contributed by atoms with E-state index in [0.717, 1.165) is 24.8 Å². The van der Waals surface area contributed by atoms with Gasteiger partial charge in [0.15, 0.2) is 6.61 Å². The molecule has 0 heterocycles. The van der Waals surface area contributed by atoms with E-state index >= 15 is 0 Å². The molecule has 1 aromatic rings. The minimum absolute atomic E-state index is 0.286. The molecule has 0 aliphatic heterocycles. The van der Waals surface area contributed by atoms with Gasteiger partial charge in [-0.1, -0.05) is 23.8 Å². The van der Waals surface area contributed by atoms with Crippen LogP contribution in [0.5, 0.6) is 0 Å². The molecule has 2 rings (SSSR count). The van der Waals surface area contributed by atoms with E-state index < -0.39 is 5.97 Å². The van der Waals surface area contributed by atoms with Crippen LogP contribution >= 0.6 is 0 Å². The molecule has 5 heteroatoms. The van der Waals surface area contributed by atoms with E-state index in [0.29, 0.717) is 17.8 Å². The first-order chi connectivity index (χ1) is 11.1. The number of nitrogen functional groups attached to an aromatic ring is 1. The number of carbonyl (C=O) groups excluding carboxylic acids is 2. The predicted octanol–water partition coefficient (Wildman–Crippen LogP) is 2.74. The van der Waals surface area contributed by atoms with E-state index in [9.17, 15) is 9.59 Å². The summed E-state index contributed by atoms with van der Waals surface area (Å²) in [5, 5.41) is 2.77. The highest BCUT2D eigenvalue weighted by atomic mass is 16.5. The number of aryl methyl sites for hydroxylation is 1. The lowest BCUT2D eigenvalue weighted by Crippen LogP contribution is -2.30. The summed E-state index contributed by atoms with van der Waals surface area (Å²) in [5.41, 5.74) is 8.75. The van der Waals surface area contributed by atoms with E-state index in [-0.39, 0.29) is 12.5 Å². The lowest BCUT2D eigenvalue weighted by atomic mass is 9.97. The molecule has 1 aliphatic rings. The van der Waals surface area contributed by atoms with Crippen LogP contribution in [0.1, 0.15) is 48.0 Å². The number of rotatable bonds is 6. The lowest BCUT2D eigenvalue weighted by Gasteiger charge is -2.13. The first-order valence-electron chi connectivity index (χ1n) is 8.04. The first kappa shape index (κ1) is 17.1. The summed E-state index contributed by atoms with van der Waals surface area (Å²) < 4.78 is 5.02. The van der Waals surface area contributed by atoms with Crippen LogP contribution in [0.15, 0.2) is 29.8 Å². The number of hydrogen-bond acceptors (Lipinski definition) is 4. The zero-order valence-electron chi connectivity index (χ0n) is 13.6. The number of allylic oxidation sites excluding steroid dienone is 1. The van der Waals surface area contributed by atoms with Crippen LogP contribution in [0.2, 0.25) is 0 Å². The van der Waals surface area contributed by atoms with Gasteiger partial charge in [-0.3, -0.25) is 4.79 Å². The van der Waals surface area contributed by atoms with Gasteiger partial charge < -0.3 is 15.8 Å². The average Bonchev–Trinajstić information content (AvgIpc) is 2.56. The quantitative estimate of drug-likeness (QED) is 0.480. The number of nitrogens with two attached hydrogens (primary N) is 1. The molecule has 1 aliphatic carbocycles. The summed E-state index contributed by atoms with van der Waals surface area (Å²) in [4.78, 5) is 23.7. The summed E-state index contributed by atoms with van der Waals surface area (Å²) in [7, 11) is 0. The molecular weight excluding hydrogens is 292 g/mol. The minimum atomic E-state index is -0.573. The molecule has 0 aromatic heterocycles. The van der Waals surface area contributed by atoms with Gasteiger partial charge in [0.1, 0.15) is 0 Å². The van der Waals surface area contributed by atoms with Crippen LogP contribution in [0.25, 0.3) is 0 Å². The maximum absolute atomic E-state index is 12.0. The Labute approximate surface area is 136 Å². The highest BCUT2D eigenvalue weighted by Crippen LogP contribution is 2.19. The molecule has 3 N–H and O–H groups in total. The van der Waals surface area contributed by atoms with E-state index in [2.05, 4.69) is 11.4 Å². The van der Waals surface area contributed by atoms with Crippen molar-refractivity contribution in [2.24, 2.45) is 0 Å². The lowest BCUT2D eigenvalue weighted by molar-refractivity contribution is -0.124. The molecule has 0 unspecified atom stereocenters. The van der Waals surface area contributed by atoms with Gasteiger partial charge in [-0.05, 0) is 50.7 Å². The van der Waals surface area contributed by atoms with Crippen LogP contribution in [-0.2, 0) is 9.53 Å². The molecule has 0 saturated heterocycles. The Morgan fingerprint density at radius 3 is 2.87 bits per heavy atom. The van der Waals surface area contributed by atoms with E-state index in [1.807, 2.05) is 13.0 Å². The van der Waals surface area contributed by atoms with Crippen LogP contribution in [0, 0.1) is 6.92 Å². The predicted molar refractivity (Wildman–Crippen MR) is 90.1 cm³/mol. The molecule has 0 saturated carbocycles. The number of hydrogen-bond donors (Lipinski definition) is 2. The number of anilines is 1. The van der Waals surface area contributed by atoms with E-state index in [4.69, 9.17) is 10.5 Å². The number of nitrogens with one attached hydrogen (secondary N) is 1. The van der Waals surface area contributed by atoms with Gasteiger partial charge in [0.05, 0.1) is 5.56 Å². The SMILES string of the molecule is Cc1cccc(C(=O)OCC(=O)NCCC2=CCCCC2)c1N. The van der Waals surface area contributed by atoms with Gasteiger partial charge in [0.2, 0.25) is 0 Å². The highest BCUT2D eigenvalue weighted by Gasteiger charge is 2.14. The van der Waals surface area contributed by atoms with E-state index in [1.165, 1.54) is 18.4 Å². The van der Waals surface area contributed by atoms with Crippen molar-refractivity contribution >= 4 is 17.6 Å². The summed E-state index contributed by atoms with van der Waals surface area (Å²) >= 11 is 0. The zero-order valence-corrected chi connectivity index (χ0v) is 13.6. The number of para-hydroxylation sites is 1. The third-order valence-corrected chi connectivity index (χ3v) is 4.03. The monoisotopic (exact) mass is 316 g/mol. The van der Waals surface area contributed by atoms with Gasteiger partial charge in [-0.25, -0.2) is 4.79 Å². The molecule has 23 heavy (non-hydrogen) atoms. The topological polar surface area (TPSA) is 81.4 Å². The molecule has 0 radical (unpaired) electrons. The molecule has 0 bridgehead atoms. The fraction of sp³-hybridized carbons (Fsp3) is 0.444. The van der Waals surface area contributed by atoms with Gasteiger partial charge in [0.25, 0.3) is 5.91 Å². The number of amides is 1. The standard InChI is InChI=1S/C18H24N2O3/c1-13-6-5-9-15(17(13)19)18(22)23-12-16(21)20-11-10-14-7-3-2-4-8-14/h5-7,9H,2-4,8,10-12,19H2,1H3,(H,20,21). The minimum Gasteiger partial charge on any atom is -0.452 e. The fourth-order valence-corrected chi connectivity index (χ4v) is 2.61. The van der Waals surface area contributed by atoms with Gasteiger partial charge >= 0.3 is 5.97 Å². The second-order valence-electron chi connectivity index (χ2n) is 5.82. The fourth-order valence-electron chi connectivity index (χ4n) is 2.61. The van der Waals surface area contributed by atoms with Crippen molar-refractivity contribution in [3.63, 3.8) is 0 Å². The van der Waals surface area contributed by atoms with Crippen LogP contribution in [0.4, 0.5) is 5.69 Å². The Bertz CT molecular complexity index is 608. The number of benzene rings is 1. The molecule has 1 amide bonds. The molecule has 5 nitrogen and oxygen atoms in total. The summed E-state index contributed by atoms with van der Waals surface area (Å²) in [6, 6.07) is 5.15. The number of esters is 1. The zero-order chi connectivity index (χ0) is 16.7. The first-order valence-corrected chi connectivity index (χ1v) is 8.04. The van der Waals surface area contributed by atoms with Gasteiger partial charge in [-0.2, -0.15) is 0 Å². The van der Waals surface area contributed by atoms with E-state index in [1.54, 1.807) is 12.1 Å². The van der Waals surface area contributed by atoms with Crippen LogP contribution < -0.4 is 11.1 Å². The summed E-state index contributed by atoms with van der Waals surface area (Å²) in [6.07, 6.45) is 7.88. The van der Waals surface area contributed by atoms with Crippen molar-refractivity contribution in [3.8, 4) is 0 Å². The van der Waals surface area contributed by atoms with Crippen molar-refractivity contribution in [2.45, 2.75) is 39.0 Å². The van der Waals surface area contributed by atoms with Crippen LogP contribution in [0.3, 0.4) is 0 Å². The van der Waals surface area contributed by atoms with Gasteiger partial charge in [-0.15, -0.1) is 0 Å². The van der Waals surface area contributed by atoms with Crippen molar-refractivity contribution < 1.29 is 14.3 Å². The van der Waals surface area contributed by atoms with Crippen molar-refractivity contribution in [2.75, 3.05) is 18.9 Å². The molecule has 0 spiro atoms. The molecule has 124 valence electrons. The normalized spacial score (nSPS) is 14.0. The third kappa shape index (κ3) is 5.13. The molecular formula is C18H24N2O3. The number of carbonyl (C=O) groups is 2. The summed E-state index contributed by atoms with van der Waals surface area (Å²) in [6.45, 7) is 2.11. The van der Waals surface area contributed by atoms with Crippen molar-refractivity contribution in [1.82, 2.24) is 5.32 Å². The third-order valence-electron chi connectivity index (χ3n) is 4.03. The Balaban J connectivity index is 1.72. The second kappa shape index (κ2) is 8.36. The Kier molecular flexibility index (Phi) is 6.20. The highest BCUT2D eigenvalue weighted by molar-refractivity contribution is 5.96. The van der Waals surface area contributed by atoms with Crippen molar-refractivity contribution in [1.29, 1.82) is 0 Å². The average molecular weight is 316 g/mol.